The van der Waals surface area contributed by atoms with Gasteiger partial charge in [-0.2, -0.15) is 0 Å². The van der Waals surface area contributed by atoms with E-state index in [2.05, 4.69) is 10.5 Å². The van der Waals surface area contributed by atoms with Crippen LogP contribution in [0.25, 0.3) is 11.3 Å². The van der Waals surface area contributed by atoms with Gasteiger partial charge >= 0.3 is 0 Å². The monoisotopic (exact) mass is 350 g/mol. The van der Waals surface area contributed by atoms with Crippen LogP contribution in [0.4, 0.5) is 0 Å². The topological polar surface area (TPSA) is 73.6 Å². The molecule has 6 heteroatoms. The van der Waals surface area contributed by atoms with Crippen LogP contribution in [0.2, 0.25) is 0 Å². The first-order valence-corrected chi connectivity index (χ1v) is 8.39. The van der Waals surface area contributed by atoms with Crippen molar-refractivity contribution in [3.63, 3.8) is 0 Å². The minimum absolute atomic E-state index is 0.141. The van der Waals surface area contributed by atoms with E-state index in [0.29, 0.717) is 42.5 Å². The van der Waals surface area contributed by atoms with Crippen molar-refractivity contribution in [3.05, 3.63) is 65.4 Å². The lowest BCUT2D eigenvalue weighted by Gasteiger charge is -2.18. The molecule has 1 aliphatic rings. The summed E-state index contributed by atoms with van der Waals surface area (Å²) in [7, 11) is 0. The van der Waals surface area contributed by atoms with Crippen molar-refractivity contribution in [1.82, 2.24) is 10.5 Å². The van der Waals surface area contributed by atoms with Gasteiger partial charge in [-0.15, -0.1) is 0 Å². The maximum absolute atomic E-state index is 12.2. The number of hydrogen-bond donors (Lipinski definition) is 1. The number of aromatic nitrogens is 1. The Balaban J connectivity index is 1.44. The minimum Gasteiger partial charge on any atom is -0.486 e. The Bertz CT molecular complexity index is 948. The minimum atomic E-state index is -0.141. The smallest absolute Gasteiger partial charge is 0.251 e. The molecule has 0 spiro atoms. The Kier molecular flexibility index (Phi) is 4.31. The van der Waals surface area contributed by atoms with Crippen molar-refractivity contribution in [3.8, 4) is 22.8 Å². The number of rotatable bonds is 4. The van der Waals surface area contributed by atoms with Crippen molar-refractivity contribution in [2.75, 3.05) is 13.2 Å². The molecule has 0 aliphatic carbocycles. The lowest BCUT2D eigenvalue weighted by Crippen LogP contribution is -2.22. The summed E-state index contributed by atoms with van der Waals surface area (Å²) in [4.78, 5) is 12.2. The first kappa shape index (κ1) is 16.2. The van der Waals surface area contributed by atoms with Crippen LogP contribution in [0.5, 0.6) is 11.5 Å². The highest BCUT2D eigenvalue weighted by Crippen LogP contribution is 2.34. The number of carbonyl (C=O) groups excluding carboxylic acids is 1. The van der Waals surface area contributed by atoms with E-state index in [1.807, 2.05) is 49.4 Å². The highest BCUT2D eigenvalue weighted by atomic mass is 16.6. The standard InChI is InChI=1S/C20H18N2O4/c1-13-3-2-4-15(9-13)20(23)21-12-16-11-18(26-22-16)14-5-6-17-19(10-14)25-8-7-24-17/h2-6,9-11H,7-8,12H2,1H3,(H,21,23). The highest BCUT2D eigenvalue weighted by Gasteiger charge is 2.15. The molecule has 2 aromatic carbocycles. The van der Waals surface area contributed by atoms with Crippen LogP contribution in [-0.4, -0.2) is 24.3 Å². The number of nitrogens with one attached hydrogen (secondary N) is 1. The molecule has 0 fully saturated rings. The van der Waals surface area contributed by atoms with Gasteiger partial charge in [-0.05, 0) is 37.3 Å². The van der Waals surface area contributed by atoms with Crippen molar-refractivity contribution >= 4 is 5.91 Å². The second-order valence-corrected chi connectivity index (χ2v) is 6.09. The van der Waals surface area contributed by atoms with Crippen LogP contribution in [0, 0.1) is 6.92 Å². The maximum Gasteiger partial charge on any atom is 0.251 e. The molecule has 0 bridgehead atoms. The average molecular weight is 350 g/mol. The Hall–Kier alpha value is -3.28. The first-order chi connectivity index (χ1) is 12.7. The van der Waals surface area contributed by atoms with Gasteiger partial charge in [-0.3, -0.25) is 4.79 Å². The molecule has 0 radical (unpaired) electrons. The molecule has 3 aromatic rings. The van der Waals surface area contributed by atoms with E-state index in [-0.39, 0.29) is 5.91 Å². The maximum atomic E-state index is 12.2. The number of fused-ring (bicyclic) bond motifs is 1. The van der Waals surface area contributed by atoms with Gasteiger partial charge in [0.25, 0.3) is 5.91 Å². The van der Waals surface area contributed by atoms with E-state index < -0.39 is 0 Å². The molecule has 6 nitrogen and oxygen atoms in total. The van der Waals surface area contributed by atoms with E-state index in [1.165, 1.54) is 0 Å². The SMILES string of the molecule is Cc1cccc(C(=O)NCc2cc(-c3ccc4c(c3)OCCO4)on2)c1. The van der Waals surface area contributed by atoms with Crippen molar-refractivity contribution in [2.24, 2.45) is 0 Å². The van der Waals surface area contributed by atoms with Gasteiger partial charge in [0.1, 0.15) is 18.9 Å². The molecule has 0 atom stereocenters. The van der Waals surface area contributed by atoms with Gasteiger partial charge in [-0.1, -0.05) is 22.9 Å². The zero-order valence-electron chi connectivity index (χ0n) is 14.3. The average Bonchev–Trinajstić information content (AvgIpc) is 3.15. The number of carbonyl (C=O) groups is 1. The number of nitrogens with zero attached hydrogens (tertiary/aromatic N) is 1. The van der Waals surface area contributed by atoms with Crippen LogP contribution in [0.1, 0.15) is 21.6 Å². The Labute approximate surface area is 150 Å². The van der Waals surface area contributed by atoms with Gasteiger partial charge in [0.15, 0.2) is 17.3 Å². The summed E-state index contributed by atoms with van der Waals surface area (Å²) in [5.74, 6) is 1.89. The molecular weight excluding hydrogens is 332 g/mol. The molecule has 2 heterocycles. The lowest BCUT2D eigenvalue weighted by atomic mass is 10.1. The van der Waals surface area contributed by atoms with E-state index in [9.17, 15) is 4.79 Å². The van der Waals surface area contributed by atoms with Crippen molar-refractivity contribution < 1.29 is 18.8 Å². The predicted molar refractivity (Wildman–Crippen MR) is 95.3 cm³/mol. The largest absolute Gasteiger partial charge is 0.486 e. The third-order valence-corrected chi connectivity index (χ3v) is 4.10. The zero-order valence-corrected chi connectivity index (χ0v) is 14.3. The summed E-state index contributed by atoms with van der Waals surface area (Å²) >= 11 is 0. The van der Waals surface area contributed by atoms with Crippen LogP contribution in [0.15, 0.2) is 53.1 Å². The summed E-state index contributed by atoms with van der Waals surface area (Å²) in [6.45, 7) is 3.33. The van der Waals surface area contributed by atoms with Crippen LogP contribution in [0.3, 0.4) is 0 Å². The van der Waals surface area contributed by atoms with Gasteiger partial charge in [0.2, 0.25) is 0 Å². The molecular formula is C20H18N2O4. The number of hydrogen-bond acceptors (Lipinski definition) is 5. The first-order valence-electron chi connectivity index (χ1n) is 8.39. The third kappa shape index (κ3) is 3.39. The van der Waals surface area contributed by atoms with E-state index in [1.54, 1.807) is 6.07 Å². The van der Waals surface area contributed by atoms with Crippen LogP contribution in [-0.2, 0) is 6.54 Å². The molecule has 132 valence electrons. The van der Waals surface area contributed by atoms with Gasteiger partial charge < -0.3 is 19.3 Å². The molecule has 0 saturated heterocycles. The molecule has 0 unspecified atom stereocenters. The summed E-state index contributed by atoms with van der Waals surface area (Å²) < 4.78 is 16.5. The zero-order chi connectivity index (χ0) is 17.9. The van der Waals surface area contributed by atoms with Crippen LogP contribution < -0.4 is 14.8 Å². The summed E-state index contributed by atoms with van der Waals surface area (Å²) in [5.41, 5.74) is 3.16. The number of ether oxygens (including phenoxy) is 2. The van der Waals surface area contributed by atoms with Crippen molar-refractivity contribution in [1.29, 1.82) is 0 Å². The van der Waals surface area contributed by atoms with E-state index in [0.717, 1.165) is 16.9 Å². The number of benzene rings is 2. The fraction of sp³-hybridized carbons (Fsp3) is 0.200. The molecule has 1 N–H and O–H groups in total. The molecule has 0 saturated carbocycles. The van der Waals surface area contributed by atoms with Crippen molar-refractivity contribution in [2.45, 2.75) is 13.5 Å². The fourth-order valence-electron chi connectivity index (χ4n) is 2.79. The van der Waals surface area contributed by atoms with Gasteiger partial charge in [0, 0.05) is 17.2 Å². The molecule has 1 amide bonds. The van der Waals surface area contributed by atoms with E-state index >= 15 is 0 Å². The molecule has 4 rings (SSSR count). The Morgan fingerprint density at radius 2 is 1.92 bits per heavy atom. The lowest BCUT2D eigenvalue weighted by molar-refractivity contribution is 0.0950. The van der Waals surface area contributed by atoms with Crippen LogP contribution >= 0.6 is 0 Å². The van der Waals surface area contributed by atoms with Gasteiger partial charge in [-0.25, -0.2) is 0 Å². The highest BCUT2D eigenvalue weighted by molar-refractivity contribution is 5.94. The van der Waals surface area contributed by atoms with Gasteiger partial charge in [0.05, 0.1) is 6.54 Å². The summed E-state index contributed by atoms with van der Waals surface area (Å²) in [6, 6.07) is 14.9. The number of amides is 1. The normalized spacial score (nSPS) is 12.7. The third-order valence-electron chi connectivity index (χ3n) is 4.10. The number of aryl methyl sites for hydroxylation is 1. The summed E-state index contributed by atoms with van der Waals surface area (Å²) in [5, 5.41) is 6.88. The molecule has 26 heavy (non-hydrogen) atoms. The quantitative estimate of drug-likeness (QED) is 0.781. The second-order valence-electron chi connectivity index (χ2n) is 6.09. The molecule has 1 aliphatic heterocycles. The Morgan fingerprint density at radius 1 is 1.08 bits per heavy atom. The second kappa shape index (κ2) is 6.92. The predicted octanol–water partition coefficient (Wildman–Crippen LogP) is 3.35. The Morgan fingerprint density at radius 3 is 2.77 bits per heavy atom. The van der Waals surface area contributed by atoms with E-state index in [4.69, 9.17) is 14.0 Å². The molecule has 1 aromatic heterocycles. The fourth-order valence-corrected chi connectivity index (χ4v) is 2.79. The summed E-state index contributed by atoms with van der Waals surface area (Å²) in [6.07, 6.45) is 0.